The van der Waals surface area contributed by atoms with Crippen molar-refractivity contribution in [3.05, 3.63) is 28.8 Å². The number of nitrogens with two attached hydrogens (primary N) is 1. The molecule has 0 radical (unpaired) electrons. The number of hydrogen-bond donors (Lipinski definition) is 2. The lowest BCUT2D eigenvalue weighted by atomic mass is 9.93. The summed E-state index contributed by atoms with van der Waals surface area (Å²) >= 11 is 5.97. The number of halogens is 1. The molecule has 1 aliphatic heterocycles. The fraction of sp³-hybridized carbons (Fsp3) is 0.500. The summed E-state index contributed by atoms with van der Waals surface area (Å²) in [7, 11) is 0. The summed E-state index contributed by atoms with van der Waals surface area (Å²) in [6, 6.07) is 5.63. The van der Waals surface area contributed by atoms with Gasteiger partial charge in [0.2, 0.25) is 0 Å². The van der Waals surface area contributed by atoms with Gasteiger partial charge in [-0.15, -0.1) is 0 Å². The highest BCUT2D eigenvalue weighted by Crippen LogP contribution is 2.29. The van der Waals surface area contributed by atoms with Crippen LogP contribution in [0.1, 0.15) is 31.7 Å². The van der Waals surface area contributed by atoms with Gasteiger partial charge in [-0.25, -0.2) is 0 Å². The van der Waals surface area contributed by atoms with Crippen LogP contribution >= 0.6 is 11.6 Å². The molecule has 1 aliphatic rings. The Balaban J connectivity index is 2.21. The quantitative estimate of drug-likeness (QED) is 0.651. The summed E-state index contributed by atoms with van der Waals surface area (Å²) < 4.78 is 0. The van der Waals surface area contributed by atoms with E-state index >= 15 is 0 Å². The van der Waals surface area contributed by atoms with Gasteiger partial charge in [-0.3, -0.25) is 5.41 Å². The molecule has 0 amide bonds. The van der Waals surface area contributed by atoms with E-state index in [1.165, 1.54) is 19.3 Å². The highest BCUT2D eigenvalue weighted by Gasteiger charge is 2.20. The standard InChI is InChI=1S/C14H20ClN3/c1-2-10-5-7-18(8-6-10)13-4-3-11(15)9-12(13)14(16)17/h3-4,9-10H,2,5-8H2,1H3,(H3,16,17). The van der Waals surface area contributed by atoms with Crippen molar-refractivity contribution in [2.75, 3.05) is 18.0 Å². The lowest BCUT2D eigenvalue weighted by Crippen LogP contribution is -2.35. The Hall–Kier alpha value is -1.22. The van der Waals surface area contributed by atoms with Crippen LogP contribution in [0.25, 0.3) is 0 Å². The van der Waals surface area contributed by atoms with E-state index in [-0.39, 0.29) is 5.84 Å². The van der Waals surface area contributed by atoms with Gasteiger partial charge in [0.05, 0.1) is 0 Å². The highest BCUT2D eigenvalue weighted by atomic mass is 35.5. The molecule has 0 aliphatic carbocycles. The van der Waals surface area contributed by atoms with Crippen molar-refractivity contribution in [3.63, 3.8) is 0 Å². The predicted octanol–water partition coefficient (Wildman–Crippen LogP) is 3.25. The van der Waals surface area contributed by atoms with Crippen molar-refractivity contribution >= 4 is 23.1 Å². The number of nitrogens with one attached hydrogen (secondary N) is 1. The molecule has 18 heavy (non-hydrogen) atoms. The second-order valence-corrected chi connectivity index (χ2v) is 5.35. The molecule has 1 fully saturated rings. The van der Waals surface area contributed by atoms with Crippen molar-refractivity contribution in [1.82, 2.24) is 0 Å². The first-order valence-electron chi connectivity index (χ1n) is 6.50. The molecule has 0 atom stereocenters. The van der Waals surface area contributed by atoms with Crippen LogP contribution in [0.5, 0.6) is 0 Å². The van der Waals surface area contributed by atoms with Gasteiger partial charge in [0, 0.05) is 29.4 Å². The zero-order valence-corrected chi connectivity index (χ0v) is 11.5. The van der Waals surface area contributed by atoms with Gasteiger partial charge in [-0.05, 0) is 37.0 Å². The zero-order chi connectivity index (χ0) is 13.1. The van der Waals surface area contributed by atoms with Crippen molar-refractivity contribution in [1.29, 1.82) is 5.41 Å². The average Bonchev–Trinajstić information content (AvgIpc) is 2.39. The van der Waals surface area contributed by atoms with Crippen LogP contribution in [0, 0.1) is 11.3 Å². The Kier molecular flexibility index (Phi) is 4.12. The molecule has 0 aromatic heterocycles. The molecule has 3 nitrogen and oxygen atoms in total. The Morgan fingerprint density at radius 3 is 2.67 bits per heavy atom. The minimum atomic E-state index is 0.0881. The number of benzene rings is 1. The van der Waals surface area contributed by atoms with E-state index in [2.05, 4.69) is 11.8 Å². The molecular formula is C14H20ClN3. The summed E-state index contributed by atoms with van der Waals surface area (Å²) in [5, 5.41) is 8.29. The molecule has 0 unspecified atom stereocenters. The maximum Gasteiger partial charge on any atom is 0.124 e. The molecule has 2 rings (SSSR count). The molecule has 1 saturated heterocycles. The smallest absolute Gasteiger partial charge is 0.124 e. The minimum Gasteiger partial charge on any atom is -0.384 e. The van der Waals surface area contributed by atoms with Crippen LogP contribution in [-0.4, -0.2) is 18.9 Å². The number of rotatable bonds is 3. The molecular weight excluding hydrogens is 246 g/mol. The first-order valence-corrected chi connectivity index (χ1v) is 6.88. The second kappa shape index (κ2) is 5.61. The summed E-state index contributed by atoms with van der Waals surface area (Å²) in [6.07, 6.45) is 3.70. The second-order valence-electron chi connectivity index (χ2n) is 4.91. The molecule has 1 aromatic carbocycles. The van der Waals surface area contributed by atoms with Crippen molar-refractivity contribution in [2.24, 2.45) is 11.7 Å². The number of piperidine rings is 1. The Morgan fingerprint density at radius 2 is 2.11 bits per heavy atom. The highest BCUT2D eigenvalue weighted by molar-refractivity contribution is 6.31. The van der Waals surface area contributed by atoms with E-state index in [1.807, 2.05) is 12.1 Å². The molecule has 0 spiro atoms. The van der Waals surface area contributed by atoms with Gasteiger partial charge in [0.25, 0.3) is 0 Å². The SMILES string of the molecule is CCC1CCN(c2ccc(Cl)cc2C(=N)N)CC1. The normalized spacial score (nSPS) is 16.9. The van der Waals surface area contributed by atoms with E-state index in [0.717, 1.165) is 30.3 Å². The minimum absolute atomic E-state index is 0.0881. The van der Waals surface area contributed by atoms with Gasteiger partial charge >= 0.3 is 0 Å². The topological polar surface area (TPSA) is 53.1 Å². The summed E-state index contributed by atoms with van der Waals surface area (Å²) in [6.45, 7) is 4.34. The van der Waals surface area contributed by atoms with Crippen molar-refractivity contribution in [2.45, 2.75) is 26.2 Å². The van der Waals surface area contributed by atoms with Crippen LogP contribution in [0.15, 0.2) is 18.2 Å². The Labute approximate surface area is 113 Å². The molecule has 98 valence electrons. The van der Waals surface area contributed by atoms with Gasteiger partial charge in [0.1, 0.15) is 5.84 Å². The van der Waals surface area contributed by atoms with Gasteiger partial charge < -0.3 is 10.6 Å². The molecule has 3 N–H and O–H groups in total. The van der Waals surface area contributed by atoms with Crippen LogP contribution in [-0.2, 0) is 0 Å². The third-order valence-electron chi connectivity index (χ3n) is 3.78. The van der Waals surface area contributed by atoms with E-state index in [0.29, 0.717) is 5.02 Å². The van der Waals surface area contributed by atoms with Crippen LogP contribution < -0.4 is 10.6 Å². The first kappa shape index (κ1) is 13.2. The lowest BCUT2D eigenvalue weighted by molar-refractivity contribution is 0.395. The molecule has 0 bridgehead atoms. The third kappa shape index (κ3) is 2.78. The average molecular weight is 266 g/mol. The number of nitrogen functional groups attached to an aromatic ring is 1. The first-order chi connectivity index (χ1) is 8.61. The fourth-order valence-corrected chi connectivity index (χ4v) is 2.75. The maximum atomic E-state index is 7.66. The number of nitrogens with zero attached hydrogens (tertiary/aromatic N) is 1. The van der Waals surface area contributed by atoms with Gasteiger partial charge in [-0.1, -0.05) is 24.9 Å². The predicted molar refractivity (Wildman–Crippen MR) is 77.7 cm³/mol. The van der Waals surface area contributed by atoms with Gasteiger partial charge in [0.15, 0.2) is 0 Å². The number of anilines is 1. The van der Waals surface area contributed by atoms with Crippen molar-refractivity contribution in [3.8, 4) is 0 Å². The van der Waals surface area contributed by atoms with E-state index in [4.69, 9.17) is 22.7 Å². The number of amidine groups is 1. The molecule has 0 saturated carbocycles. The largest absolute Gasteiger partial charge is 0.384 e. The zero-order valence-electron chi connectivity index (χ0n) is 10.7. The summed E-state index contributed by atoms with van der Waals surface area (Å²) in [5.74, 6) is 0.930. The fourth-order valence-electron chi connectivity index (χ4n) is 2.58. The maximum absolute atomic E-state index is 7.66. The summed E-state index contributed by atoms with van der Waals surface area (Å²) in [4.78, 5) is 2.32. The van der Waals surface area contributed by atoms with Crippen LogP contribution in [0.4, 0.5) is 5.69 Å². The van der Waals surface area contributed by atoms with Crippen LogP contribution in [0.3, 0.4) is 0 Å². The lowest BCUT2D eigenvalue weighted by Gasteiger charge is -2.34. The molecule has 1 heterocycles. The van der Waals surface area contributed by atoms with E-state index in [1.54, 1.807) is 6.07 Å². The third-order valence-corrected chi connectivity index (χ3v) is 4.02. The summed E-state index contributed by atoms with van der Waals surface area (Å²) in [5.41, 5.74) is 7.43. The van der Waals surface area contributed by atoms with Crippen molar-refractivity contribution < 1.29 is 0 Å². The molecule has 1 aromatic rings. The van der Waals surface area contributed by atoms with Gasteiger partial charge in [-0.2, -0.15) is 0 Å². The van der Waals surface area contributed by atoms with Crippen LogP contribution in [0.2, 0.25) is 5.02 Å². The molecule has 4 heteroatoms. The van der Waals surface area contributed by atoms with E-state index in [9.17, 15) is 0 Å². The Morgan fingerprint density at radius 1 is 1.44 bits per heavy atom. The Bertz CT molecular complexity index is 437. The van der Waals surface area contributed by atoms with E-state index < -0.39 is 0 Å². The number of hydrogen-bond acceptors (Lipinski definition) is 2. The monoisotopic (exact) mass is 265 g/mol.